The number of anilines is 1. The third kappa shape index (κ3) is 4.31. The molecular formula is C17H19FN2O. The summed E-state index contributed by atoms with van der Waals surface area (Å²) >= 11 is 0. The van der Waals surface area contributed by atoms with Gasteiger partial charge < -0.3 is 10.6 Å². The van der Waals surface area contributed by atoms with Gasteiger partial charge in [-0.15, -0.1) is 0 Å². The first-order valence-electron chi connectivity index (χ1n) is 7.06. The van der Waals surface area contributed by atoms with Gasteiger partial charge in [0.25, 0.3) is 5.91 Å². The van der Waals surface area contributed by atoms with E-state index >= 15 is 0 Å². The molecule has 2 N–H and O–H groups in total. The summed E-state index contributed by atoms with van der Waals surface area (Å²) in [4.78, 5) is 11.9. The van der Waals surface area contributed by atoms with Crippen LogP contribution < -0.4 is 10.6 Å². The van der Waals surface area contributed by atoms with Crippen molar-refractivity contribution < 1.29 is 9.18 Å². The fourth-order valence-electron chi connectivity index (χ4n) is 1.95. The Morgan fingerprint density at radius 1 is 1.14 bits per heavy atom. The quantitative estimate of drug-likeness (QED) is 0.852. The van der Waals surface area contributed by atoms with Crippen LogP contribution in [0.1, 0.15) is 29.3 Å². The van der Waals surface area contributed by atoms with Crippen LogP contribution in [-0.2, 0) is 6.54 Å². The van der Waals surface area contributed by atoms with E-state index in [1.807, 2.05) is 19.1 Å². The molecule has 3 nitrogen and oxygen atoms in total. The van der Waals surface area contributed by atoms with E-state index < -0.39 is 0 Å². The van der Waals surface area contributed by atoms with Crippen LogP contribution in [0.3, 0.4) is 0 Å². The van der Waals surface area contributed by atoms with Gasteiger partial charge >= 0.3 is 0 Å². The molecule has 21 heavy (non-hydrogen) atoms. The molecule has 0 aliphatic heterocycles. The first-order chi connectivity index (χ1) is 10.2. The maximum Gasteiger partial charge on any atom is 0.251 e. The van der Waals surface area contributed by atoms with Gasteiger partial charge in [-0.25, -0.2) is 4.39 Å². The van der Waals surface area contributed by atoms with Gasteiger partial charge in [0.1, 0.15) is 5.82 Å². The van der Waals surface area contributed by atoms with Crippen LogP contribution in [0.25, 0.3) is 0 Å². The van der Waals surface area contributed by atoms with Gasteiger partial charge in [0, 0.05) is 29.9 Å². The van der Waals surface area contributed by atoms with Gasteiger partial charge in [-0.05, 0) is 30.7 Å². The van der Waals surface area contributed by atoms with E-state index in [1.165, 1.54) is 6.07 Å². The summed E-state index contributed by atoms with van der Waals surface area (Å²) in [5.41, 5.74) is 1.99. The lowest BCUT2D eigenvalue weighted by molar-refractivity contribution is 0.0953. The summed E-state index contributed by atoms with van der Waals surface area (Å²) in [6.45, 7) is 3.05. The summed E-state index contributed by atoms with van der Waals surface area (Å²) < 4.78 is 13.5. The third-order valence-corrected chi connectivity index (χ3v) is 3.10. The Kier molecular flexibility index (Phi) is 5.32. The van der Waals surface area contributed by atoms with Crippen LogP contribution in [0.2, 0.25) is 0 Å². The van der Waals surface area contributed by atoms with Gasteiger partial charge in [-0.3, -0.25) is 4.79 Å². The highest BCUT2D eigenvalue weighted by Crippen LogP contribution is 2.13. The topological polar surface area (TPSA) is 41.1 Å². The molecule has 0 radical (unpaired) electrons. The fraction of sp³-hybridized carbons (Fsp3) is 0.235. The van der Waals surface area contributed by atoms with E-state index in [2.05, 4.69) is 10.6 Å². The smallest absolute Gasteiger partial charge is 0.251 e. The minimum Gasteiger partial charge on any atom is -0.381 e. The molecular weight excluding hydrogens is 267 g/mol. The minimum absolute atomic E-state index is 0.0913. The molecule has 0 aliphatic rings. The Morgan fingerprint density at radius 3 is 2.71 bits per heavy atom. The van der Waals surface area contributed by atoms with Crippen molar-refractivity contribution in [3.05, 3.63) is 65.5 Å². The largest absolute Gasteiger partial charge is 0.381 e. The molecule has 0 atom stereocenters. The van der Waals surface area contributed by atoms with Crippen LogP contribution >= 0.6 is 0 Å². The lowest BCUT2D eigenvalue weighted by Crippen LogP contribution is -2.23. The van der Waals surface area contributed by atoms with E-state index in [0.717, 1.165) is 12.1 Å². The van der Waals surface area contributed by atoms with Gasteiger partial charge in [-0.2, -0.15) is 0 Å². The molecule has 1 amide bonds. The van der Waals surface area contributed by atoms with Crippen molar-refractivity contribution >= 4 is 11.6 Å². The first-order valence-corrected chi connectivity index (χ1v) is 7.06. The third-order valence-electron chi connectivity index (χ3n) is 3.10. The highest BCUT2D eigenvalue weighted by atomic mass is 19.1. The zero-order valence-corrected chi connectivity index (χ0v) is 12.0. The van der Waals surface area contributed by atoms with Crippen molar-refractivity contribution in [2.24, 2.45) is 0 Å². The maximum atomic E-state index is 13.5. The highest BCUT2D eigenvalue weighted by molar-refractivity contribution is 5.95. The van der Waals surface area contributed by atoms with Gasteiger partial charge in [0.15, 0.2) is 0 Å². The van der Waals surface area contributed by atoms with E-state index in [9.17, 15) is 9.18 Å². The Hall–Kier alpha value is -2.36. The average Bonchev–Trinajstić information content (AvgIpc) is 2.52. The number of nitrogens with one attached hydrogen (secondary N) is 2. The number of hydrogen-bond acceptors (Lipinski definition) is 2. The van der Waals surface area contributed by atoms with Crippen molar-refractivity contribution in [1.82, 2.24) is 5.32 Å². The van der Waals surface area contributed by atoms with Crippen LogP contribution in [-0.4, -0.2) is 12.5 Å². The molecule has 0 spiro atoms. The molecule has 2 rings (SSSR count). The van der Waals surface area contributed by atoms with Crippen LogP contribution in [0, 0.1) is 5.82 Å². The number of hydrogen-bond donors (Lipinski definition) is 2. The molecule has 110 valence electrons. The summed E-state index contributed by atoms with van der Waals surface area (Å²) in [5, 5.41) is 5.97. The number of amides is 1. The predicted molar refractivity (Wildman–Crippen MR) is 82.8 cm³/mol. The lowest BCUT2D eigenvalue weighted by atomic mass is 10.1. The van der Waals surface area contributed by atoms with E-state index in [-0.39, 0.29) is 11.7 Å². The second-order valence-corrected chi connectivity index (χ2v) is 4.78. The number of halogens is 1. The number of rotatable bonds is 6. The van der Waals surface area contributed by atoms with E-state index in [0.29, 0.717) is 24.2 Å². The van der Waals surface area contributed by atoms with Gasteiger partial charge in [0.05, 0.1) is 0 Å². The SMILES string of the molecule is CCCNC(=O)c1cccc(NCc2ccccc2F)c1. The molecule has 0 fully saturated rings. The van der Waals surface area contributed by atoms with Crippen LogP contribution in [0.4, 0.5) is 10.1 Å². The van der Waals surface area contributed by atoms with Crippen LogP contribution in [0.15, 0.2) is 48.5 Å². The van der Waals surface area contributed by atoms with Crippen molar-refractivity contribution in [1.29, 1.82) is 0 Å². The van der Waals surface area contributed by atoms with Gasteiger partial charge in [-0.1, -0.05) is 31.2 Å². The predicted octanol–water partition coefficient (Wildman–Crippen LogP) is 3.58. The zero-order valence-electron chi connectivity index (χ0n) is 12.0. The monoisotopic (exact) mass is 286 g/mol. The summed E-state index contributed by atoms with van der Waals surface area (Å²) in [5.74, 6) is -0.326. The van der Waals surface area contributed by atoms with Crippen molar-refractivity contribution in [3.63, 3.8) is 0 Å². The molecule has 0 aromatic heterocycles. The zero-order chi connectivity index (χ0) is 15.1. The van der Waals surface area contributed by atoms with Crippen molar-refractivity contribution in [2.45, 2.75) is 19.9 Å². The van der Waals surface area contributed by atoms with Gasteiger partial charge in [0.2, 0.25) is 0 Å². The summed E-state index contributed by atoms with van der Waals surface area (Å²) in [6, 6.07) is 13.8. The molecule has 2 aromatic carbocycles. The molecule has 2 aromatic rings. The Bertz CT molecular complexity index is 613. The first kappa shape index (κ1) is 15.0. The molecule has 0 heterocycles. The van der Waals surface area contributed by atoms with Crippen LogP contribution in [0.5, 0.6) is 0 Å². The normalized spacial score (nSPS) is 10.2. The van der Waals surface area contributed by atoms with Crippen molar-refractivity contribution in [2.75, 3.05) is 11.9 Å². The Balaban J connectivity index is 2.01. The van der Waals surface area contributed by atoms with E-state index in [4.69, 9.17) is 0 Å². The second-order valence-electron chi connectivity index (χ2n) is 4.78. The fourth-order valence-corrected chi connectivity index (χ4v) is 1.95. The minimum atomic E-state index is -0.234. The highest BCUT2D eigenvalue weighted by Gasteiger charge is 2.05. The molecule has 0 saturated carbocycles. The molecule has 0 saturated heterocycles. The van der Waals surface area contributed by atoms with E-state index in [1.54, 1.807) is 30.3 Å². The molecule has 0 bridgehead atoms. The summed E-state index contributed by atoms with van der Waals surface area (Å²) in [6.07, 6.45) is 0.900. The second kappa shape index (κ2) is 7.43. The molecule has 0 aliphatic carbocycles. The lowest BCUT2D eigenvalue weighted by Gasteiger charge is -2.09. The Morgan fingerprint density at radius 2 is 1.95 bits per heavy atom. The molecule has 0 unspecified atom stereocenters. The van der Waals surface area contributed by atoms with Crippen molar-refractivity contribution in [3.8, 4) is 0 Å². The number of carbonyl (C=O) groups is 1. The molecule has 4 heteroatoms. The average molecular weight is 286 g/mol. The number of carbonyl (C=O) groups excluding carboxylic acids is 1. The number of benzene rings is 2. The standard InChI is InChI=1S/C17H19FN2O/c1-2-10-19-17(21)13-7-5-8-15(11-13)20-12-14-6-3-4-9-16(14)18/h3-9,11,20H,2,10,12H2,1H3,(H,19,21). The Labute approximate surface area is 124 Å². The maximum absolute atomic E-state index is 13.5. The summed E-state index contributed by atoms with van der Waals surface area (Å²) in [7, 11) is 0.